The maximum absolute atomic E-state index is 6.06. The number of hydrogen-bond acceptors (Lipinski definition) is 1. The fourth-order valence-electron chi connectivity index (χ4n) is 2.05. The second kappa shape index (κ2) is 2.10. The van der Waals surface area contributed by atoms with E-state index in [1.165, 1.54) is 12.0 Å². The van der Waals surface area contributed by atoms with Gasteiger partial charge in [0.1, 0.15) is 0 Å². The SMILES string of the molecule is C=C1C(C)(N)C1(C)C(C)CC. The second-order valence-corrected chi connectivity index (χ2v) is 4.19. The van der Waals surface area contributed by atoms with Crippen molar-refractivity contribution in [3.8, 4) is 0 Å². The van der Waals surface area contributed by atoms with E-state index in [1.807, 2.05) is 0 Å². The molecule has 0 aromatic rings. The first-order valence-electron chi connectivity index (χ1n) is 4.37. The van der Waals surface area contributed by atoms with Crippen molar-refractivity contribution in [2.24, 2.45) is 17.1 Å². The van der Waals surface area contributed by atoms with Crippen LogP contribution >= 0.6 is 0 Å². The number of hydrogen-bond donors (Lipinski definition) is 1. The fourth-order valence-corrected chi connectivity index (χ4v) is 2.05. The van der Waals surface area contributed by atoms with Gasteiger partial charge in [-0.2, -0.15) is 0 Å². The van der Waals surface area contributed by atoms with E-state index in [0.717, 1.165) is 0 Å². The lowest BCUT2D eigenvalue weighted by molar-refractivity contribution is 0.318. The van der Waals surface area contributed by atoms with Gasteiger partial charge in [0.15, 0.2) is 0 Å². The third-order valence-electron chi connectivity index (χ3n) is 3.87. The van der Waals surface area contributed by atoms with Crippen LogP contribution in [0.25, 0.3) is 0 Å². The van der Waals surface area contributed by atoms with Crippen LogP contribution < -0.4 is 5.73 Å². The molecule has 1 aliphatic carbocycles. The quantitative estimate of drug-likeness (QED) is 0.605. The summed E-state index contributed by atoms with van der Waals surface area (Å²) in [5.41, 5.74) is 7.37. The van der Waals surface area contributed by atoms with E-state index < -0.39 is 0 Å². The van der Waals surface area contributed by atoms with Crippen LogP contribution in [0.3, 0.4) is 0 Å². The molecule has 0 aliphatic heterocycles. The number of nitrogens with two attached hydrogens (primary N) is 1. The molecule has 0 bridgehead atoms. The molecule has 64 valence electrons. The van der Waals surface area contributed by atoms with Crippen LogP contribution in [-0.2, 0) is 0 Å². The van der Waals surface area contributed by atoms with Crippen molar-refractivity contribution in [3.05, 3.63) is 12.2 Å². The van der Waals surface area contributed by atoms with Gasteiger partial charge in [-0.3, -0.25) is 0 Å². The summed E-state index contributed by atoms with van der Waals surface area (Å²) in [5, 5.41) is 0. The highest BCUT2D eigenvalue weighted by Crippen LogP contribution is 2.63. The predicted molar refractivity (Wildman–Crippen MR) is 49.3 cm³/mol. The van der Waals surface area contributed by atoms with Crippen molar-refractivity contribution in [2.45, 2.75) is 39.7 Å². The summed E-state index contributed by atoms with van der Waals surface area (Å²) in [6, 6.07) is 0. The first-order valence-corrected chi connectivity index (χ1v) is 4.37. The summed E-state index contributed by atoms with van der Waals surface area (Å²) >= 11 is 0. The van der Waals surface area contributed by atoms with E-state index in [2.05, 4.69) is 34.3 Å². The Morgan fingerprint density at radius 2 is 1.91 bits per heavy atom. The zero-order chi connectivity index (χ0) is 8.86. The Labute approximate surface area is 69.7 Å². The lowest BCUT2D eigenvalue weighted by Gasteiger charge is -2.20. The van der Waals surface area contributed by atoms with Crippen LogP contribution in [0.2, 0.25) is 0 Å². The predicted octanol–water partition coefficient (Wildman–Crippen LogP) is 2.33. The smallest absolute Gasteiger partial charge is 0.0439 e. The van der Waals surface area contributed by atoms with Crippen molar-refractivity contribution in [3.63, 3.8) is 0 Å². The molecule has 11 heavy (non-hydrogen) atoms. The Bertz CT molecular complexity index is 193. The molecule has 0 heterocycles. The van der Waals surface area contributed by atoms with Gasteiger partial charge in [-0.15, -0.1) is 0 Å². The van der Waals surface area contributed by atoms with Crippen molar-refractivity contribution >= 4 is 0 Å². The van der Waals surface area contributed by atoms with Crippen LogP contribution in [0.15, 0.2) is 12.2 Å². The molecular weight excluding hydrogens is 134 g/mol. The van der Waals surface area contributed by atoms with Gasteiger partial charge in [-0.25, -0.2) is 0 Å². The van der Waals surface area contributed by atoms with Gasteiger partial charge in [-0.05, 0) is 18.4 Å². The van der Waals surface area contributed by atoms with E-state index in [0.29, 0.717) is 5.92 Å². The third kappa shape index (κ3) is 0.807. The van der Waals surface area contributed by atoms with Gasteiger partial charge >= 0.3 is 0 Å². The Kier molecular flexibility index (Phi) is 1.68. The van der Waals surface area contributed by atoms with Crippen LogP contribution in [0.1, 0.15) is 34.1 Å². The maximum atomic E-state index is 6.06. The van der Waals surface area contributed by atoms with E-state index in [1.54, 1.807) is 0 Å². The second-order valence-electron chi connectivity index (χ2n) is 4.19. The van der Waals surface area contributed by atoms with E-state index in [9.17, 15) is 0 Å². The van der Waals surface area contributed by atoms with Crippen molar-refractivity contribution in [1.29, 1.82) is 0 Å². The van der Waals surface area contributed by atoms with Crippen molar-refractivity contribution in [2.75, 3.05) is 0 Å². The minimum atomic E-state index is -0.109. The topological polar surface area (TPSA) is 26.0 Å². The molecule has 1 saturated carbocycles. The average molecular weight is 153 g/mol. The van der Waals surface area contributed by atoms with Gasteiger partial charge in [0.05, 0.1) is 0 Å². The summed E-state index contributed by atoms with van der Waals surface area (Å²) in [6.07, 6.45) is 1.18. The molecule has 3 unspecified atom stereocenters. The summed E-state index contributed by atoms with van der Waals surface area (Å²) < 4.78 is 0. The first kappa shape index (κ1) is 8.79. The fraction of sp³-hybridized carbons (Fsp3) is 0.800. The first-order chi connectivity index (χ1) is 4.89. The van der Waals surface area contributed by atoms with Crippen LogP contribution in [0.5, 0.6) is 0 Å². The van der Waals surface area contributed by atoms with E-state index >= 15 is 0 Å². The number of rotatable bonds is 2. The Morgan fingerprint density at radius 1 is 1.55 bits per heavy atom. The maximum Gasteiger partial charge on any atom is 0.0439 e. The zero-order valence-electron chi connectivity index (χ0n) is 8.07. The Hall–Kier alpha value is -0.300. The molecular formula is C10H19N. The molecule has 1 nitrogen and oxygen atoms in total. The highest BCUT2D eigenvalue weighted by atomic mass is 14.9. The molecule has 3 atom stereocenters. The van der Waals surface area contributed by atoms with Gasteiger partial charge in [0.25, 0.3) is 0 Å². The molecule has 1 heteroatoms. The lowest BCUT2D eigenvalue weighted by Crippen LogP contribution is -2.29. The minimum Gasteiger partial charge on any atom is -0.321 e. The summed E-state index contributed by atoms with van der Waals surface area (Å²) in [6.45, 7) is 12.8. The molecule has 2 N–H and O–H groups in total. The highest BCUT2D eigenvalue weighted by molar-refractivity contribution is 5.47. The molecule has 0 aromatic heterocycles. The van der Waals surface area contributed by atoms with Gasteiger partial charge in [0.2, 0.25) is 0 Å². The normalized spacial score (nSPS) is 45.7. The van der Waals surface area contributed by atoms with Crippen molar-refractivity contribution < 1.29 is 0 Å². The molecule has 1 fully saturated rings. The summed E-state index contributed by atoms with van der Waals surface area (Å²) in [4.78, 5) is 0. The van der Waals surface area contributed by atoms with Crippen LogP contribution in [0, 0.1) is 11.3 Å². The standard InChI is InChI=1S/C10H19N/c1-6-7(2)9(4)8(3)10(9,5)11/h7H,3,6,11H2,1-2,4-5H3. The molecule has 0 radical (unpaired) electrons. The van der Waals surface area contributed by atoms with Crippen LogP contribution in [-0.4, -0.2) is 5.54 Å². The lowest BCUT2D eigenvalue weighted by atomic mass is 9.86. The van der Waals surface area contributed by atoms with Gasteiger partial charge in [0, 0.05) is 11.0 Å². The molecule has 0 amide bonds. The molecule has 0 spiro atoms. The Balaban J connectivity index is 2.82. The van der Waals surface area contributed by atoms with Gasteiger partial charge in [-0.1, -0.05) is 33.8 Å². The largest absolute Gasteiger partial charge is 0.321 e. The highest BCUT2D eigenvalue weighted by Gasteiger charge is 2.64. The summed E-state index contributed by atoms with van der Waals surface area (Å²) in [5.74, 6) is 0.657. The van der Waals surface area contributed by atoms with Crippen molar-refractivity contribution in [1.82, 2.24) is 0 Å². The van der Waals surface area contributed by atoms with Gasteiger partial charge < -0.3 is 5.73 Å². The monoisotopic (exact) mass is 153 g/mol. The molecule has 1 aliphatic rings. The summed E-state index contributed by atoms with van der Waals surface area (Å²) in [7, 11) is 0. The molecule has 0 aromatic carbocycles. The molecule has 0 saturated heterocycles. The van der Waals surface area contributed by atoms with E-state index in [4.69, 9.17) is 5.73 Å². The average Bonchev–Trinajstić information content (AvgIpc) is 2.34. The zero-order valence-corrected chi connectivity index (χ0v) is 8.07. The Morgan fingerprint density at radius 3 is 2.00 bits per heavy atom. The van der Waals surface area contributed by atoms with Crippen LogP contribution in [0.4, 0.5) is 0 Å². The third-order valence-corrected chi connectivity index (χ3v) is 3.87. The van der Waals surface area contributed by atoms with E-state index in [-0.39, 0.29) is 11.0 Å². The molecule has 1 rings (SSSR count). The minimum absolute atomic E-state index is 0.109.